The highest BCUT2D eigenvalue weighted by atomic mass is 16.5. The van der Waals surface area contributed by atoms with Crippen molar-refractivity contribution in [1.82, 2.24) is 5.32 Å². The number of carbonyl (C=O) groups is 1. The van der Waals surface area contributed by atoms with Crippen LogP contribution < -0.4 is 5.32 Å². The van der Waals surface area contributed by atoms with Crippen molar-refractivity contribution in [3.8, 4) is 5.75 Å². The first-order valence-electron chi connectivity index (χ1n) is 13.4. The molecule has 1 aliphatic heterocycles. The molecule has 0 radical (unpaired) electrons. The summed E-state index contributed by atoms with van der Waals surface area (Å²) in [5.74, 6) is -0.540. The molecule has 6 nitrogen and oxygen atoms in total. The topological polar surface area (TPSA) is 91.2 Å². The van der Waals surface area contributed by atoms with Gasteiger partial charge in [-0.05, 0) is 92.7 Å². The molecule has 2 aromatic rings. The number of ether oxygens (including phenoxy) is 1. The molecule has 1 fully saturated rings. The molecule has 3 N–H and O–H groups in total. The number of hydrogen-bond acceptors (Lipinski definition) is 6. The summed E-state index contributed by atoms with van der Waals surface area (Å²) in [6.07, 6.45) is 5.78. The van der Waals surface area contributed by atoms with E-state index in [0.717, 1.165) is 54.6 Å². The molecule has 2 atom stereocenters. The normalized spacial score (nSPS) is 23.3. The Balaban J connectivity index is 1.63. The second-order valence-corrected chi connectivity index (χ2v) is 10.6. The van der Waals surface area contributed by atoms with Crippen LogP contribution in [0.5, 0.6) is 5.75 Å². The highest BCUT2D eigenvalue weighted by Gasteiger charge is 2.42. The van der Waals surface area contributed by atoms with E-state index in [2.05, 4.69) is 42.5 Å². The van der Waals surface area contributed by atoms with Crippen LogP contribution in [-0.2, 0) is 9.53 Å². The predicted molar refractivity (Wildman–Crippen MR) is 144 cm³/mol. The molecule has 3 aliphatic rings. The summed E-state index contributed by atoms with van der Waals surface area (Å²) >= 11 is 0. The zero-order valence-electron chi connectivity index (χ0n) is 21.9. The average molecular weight is 501 g/mol. The molecule has 2 aliphatic carbocycles. The Morgan fingerprint density at radius 1 is 1.08 bits per heavy atom. The Labute approximate surface area is 218 Å². The standard InChI is InChI=1S/C31H36N2O4/c1-4-24-30(31(35)37-23-13-5-6-14-23)28(20-11-8-12-22(34)15-20)29-25(32-24)16-21(17-26(29)33-36)27-18(2)9-7-10-19(27)3/h7-12,15,21,23,28,32,34,36H,4-6,13-14,16-17H2,1-3H3. The Morgan fingerprint density at radius 3 is 2.43 bits per heavy atom. The van der Waals surface area contributed by atoms with E-state index in [0.29, 0.717) is 24.1 Å². The summed E-state index contributed by atoms with van der Waals surface area (Å²) in [7, 11) is 0. The van der Waals surface area contributed by atoms with Gasteiger partial charge in [0, 0.05) is 29.3 Å². The zero-order valence-corrected chi connectivity index (χ0v) is 21.9. The van der Waals surface area contributed by atoms with Crippen LogP contribution in [0, 0.1) is 13.8 Å². The molecule has 194 valence electrons. The molecule has 0 bridgehead atoms. The van der Waals surface area contributed by atoms with Crippen molar-refractivity contribution in [3.63, 3.8) is 0 Å². The molecule has 2 aromatic carbocycles. The first-order valence-corrected chi connectivity index (χ1v) is 13.4. The Kier molecular flexibility index (Phi) is 7.09. The maximum absolute atomic E-state index is 13.7. The van der Waals surface area contributed by atoms with E-state index in [1.807, 2.05) is 13.0 Å². The van der Waals surface area contributed by atoms with Gasteiger partial charge in [-0.2, -0.15) is 0 Å². The van der Waals surface area contributed by atoms with Crippen LogP contribution in [-0.4, -0.2) is 28.1 Å². The summed E-state index contributed by atoms with van der Waals surface area (Å²) in [6.45, 7) is 6.28. The molecule has 37 heavy (non-hydrogen) atoms. The summed E-state index contributed by atoms with van der Waals surface area (Å²) in [6, 6.07) is 13.4. The Bertz CT molecular complexity index is 1280. The molecule has 2 unspecified atom stereocenters. The van der Waals surface area contributed by atoms with Crippen LogP contribution in [0.2, 0.25) is 0 Å². The summed E-state index contributed by atoms with van der Waals surface area (Å²) < 4.78 is 6.01. The fourth-order valence-electron chi connectivity index (χ4n) is 6.52. The van der Waals surface area contributed by atoms with E-state index in [1.165, 1.54) is 16.7 Å². The van der Waals surface area contributed by atoms with E-state index in [1.54, 1.807) is 18.2 Å². The highest BCUT2D eigenvalue weighted by Crippen LogP contribution is 2.48. The molecule has 0 amide bonds. The Morgan fingerprint density at radius 2 is 1.78 bits per heavy atom. The number of oxime groups is 1. The second kappa shape index (κ2) is 10.4. The van der Waals surface area contributed by atoms with Crippen molar-refractivity contribution in [2.45, 2.75) is 83.7 Å². The highest BCUT2D eigenvalue weighted by molar-refractivity contribution is 6.07. The van der Waals surface area contributed by atoms with E-state index in [9.17, 15) is 15.1 Å². The van der Waals surface area contributed by atoms with Gasteiger partial charge in [-0.3, -0.25) is 0 Å². The van der Waals surface area contributed by atoms with E-state index >= 15 is 0 Å². The fraction of sp³-hybridized carbons (Fsp3) is 0.419. The van der Waals surface area contributed by atoms with Crippen molar-refractivity contribution < 1.29 is 19.8 Å². The number of allylic oxidation sites excluding steroid dienone is 3. The maximum atomic E-state index is 13.7. The molecule has 0 saturated heterocycles. The number of phenols is 1. The van der Waals surface area contributed by atoms with Gasteiger partial charge in [-0.1, -0.05) is 42.4 Å². The molecular formula is C31H36N2O4. The first-order chi connectivity index (χ1) is 17.9. The van der Waals surface area contributed by atoms with Crippen LogP contribution in [0.4, 0.5) is 0 Å². The molecule has 5 rings (SSSR count). The Hall–Kier alpha value is -3.54. The quantitative estimate of drug-likeness (QED) is 0.247. The minimum absolute atomic E-state index is 0.0657. The smallest absolute Gasteiger partial charge is 0.337 e. The van der Waals surface area contributed by atoms with Crippen LogP contribution in [0.15, 0.2) is 70.2 Å². The third kappa shape index (κ3) is 4.77. The number of aryl methyl sites for hydroxylation is 2. The summed E-state index contributed by atoms with van der Waals surface area (Å²) in [5, 5.41) is 28.0. The van der Waals surface area contributed by atoms with Gasteiger partial charge in [-0.25, -0.2) is 4.79 Å². The number of nitrogens with zero attached hydrogens (tertiary/aromatic N) is 1. The average Bonchev–Trinajstić information content (AvgIpc) is 3.39. The number of hydrogen-bond donors (Lipinski definition) is 3. The van der Waals surface area contributed by atoms with Crippen molar-refractivity contribution in [3.05, 3.63) is 87.3 Å². The number of benzene rings is 2. The van der Waals surface area contributed by atoms with Gasteiger partial charge in [0.25, 0.3) is 0 Å². The lowest BCUT2D eigenvalue weighted by Crippen LogP contribution is -2.37. The third-order valence-corrected chi connectivity index (χ3v) is 8.15. The third-order valence-electron chi connectivity index (χ3n) is 8.15. The molecule has 1 saturated carbocycles. The number of aromatic hydroxyl groups is 1. The largest absolute Gasteiger partial charge is 0.508 e. The van der Waals surface area contributed by atoms with Crippen molar-refractivity contribution >= 4 is 11.7 Å². The van der Waals surface area contributed by atoms with Crippen LogP contribution >= 0.6 is 0 Å². The van der Waals surface area contributed by atoms with Gasteiger partial charge in [0.2, 0.25) is 0 Å². The number of phenolic OH excluding ortho intramolecular Hbond substituents is 1. The lowest BCUT2D eigenvalue weighted by Gasteiger charge is -2.39. The number of nitrogens with one attached hydrogen (secondary N) is 1. The lowest BCUT2D eigenvalue weighted by atomic mass is 9.70. The van der Waals surface area contributed by atoms with Gasteiger partial charge in [0.1, 0.15) is 11.9 Å². The minimum Gasteiger partial charge on any atom is -0.508 e. The van der Waals surface area contributed by atoms with Crippen molar-refractivity contribution in [2.75, 3.05) is 0 Å². The number of esters is 1. The van der Waals surface area contributed by atoms with E-state index < -0.39 is 5.92 Å². The van der Waals surface area contributed by atoms with Gasteiger partial charge in [0.15, 0.2) is 0 Å². The molecular weight excluding hydrogens is 464 g/mol. The second-order valence-electron chi connectivity index (χ2n) is 10.6. The van der Waals surface area contributed by atoms with E-state index in [-0.39, 0.29) is 23.7 Å². The molecule has 0 spiro atoms. The van der Waals surface area contributed by atoms with E-state index in [4.69, 9.17) is 4.74 Å². The minimum atomic E-state index is -0.489. The molecule has 0 aromatic heterocycles. The van der Waals surface area contributed by atoms with Crippen molar-refractivity contribution in [1.29, 1.82) is 0 Å². The van der Waals surface area contributed by atoms with Crippen molar-refractivity contribution in [2.24, 2.45) is 5.16 Å². The van der Waals surface area contributed by atoms with Gasteiger partial charge in [0.05, 0.1) is 11.3 Å². The lowest BCUT2D eigenvalue weighted by molar-refractivity contribution is -0.144. The van der Waals surface area contributed by atoms with Gasteiger partial charge >= 0.3 is 5.97 Å². The maximum Gasteiger partial charge on any atom is 0.337 e. The SMILES string of the molecule is CCC1=C(C(=O)OC2CCCC2)C(c2cccc(O)c2)C2=C(CC(c3c(C)cccc3C)CC2=NO)N1. The zero-order chi connectivity index (χ0) is 26.1. The first kappa shape index (κ1) is 25.1. The number of dihydropyridines is 1. The van der Waals surface area contributed by atoms with Crippen LogP contribution in [0.25, 0.3) is 0 Å². The number of carbonyl (C=O) groups excluding carboxylic acids is 1. The fourth-order valence-corrected chi connectivity index (χ4v) is 6.52. The number of rotatable bonds is 5. The van der Waals surface area contributed by atoms with Gasteiger partial charge < -0.3 is 20.4 Å². The summed E-state index contributed by atoms with van der Waals surface area (Å²) in [4.78, 5) is 13.7. The van der Waals surface area contributed by atoms with Gasteiger partial charge in [-0.15, -0.1) is 0 Å². The molecule has 1 heterocycles. The summed E-state index contributed by atoms with van der Waals surface area (Å²) in [5.41, 5.74) is 8.22. The monoisotopic (exact) mass is 500 g/mol. The molecule has 6 heteroatoms. The van der Waals surface area contributed by atoms with Crippen LogP contribution in [0.1, 0.15) is 86.0 Å². The predicted octanol–water partition coefficient (Wildman–Crippen LogP) is 6.51. The van der Waals surface area contributed by atoms with Crippen LogP contribution in [0.3, 0.4) is 0 Å².